The summed E-state index contributed by atoms with van der Waals surface area (Å²) in [6, 6.07) is -0.522. The molecule has 0 saturated carbocycles. The Hall–Kier alpha value is -1.27. The molecule has 0 bridgehead atoms. The van der Waals surface area contributed by atoms with Crippen molar-refractivity contribution < 1.29 is 9.59 Å². The summed E-state index contributed by atoms with van der Waals surface area (Å²) in [6.45, 7) is 1.85. The molecule has 1 aliphatic carbocycles. The number of aromatic nitrogens is 1. The van der Waals surface area contributed by atoms with Crippen LogP contribution >= 0.6 is 11.3 Å². The maximum absolute atomic E-state index is 11.6. The van der Waals surface area contributed by atoms with Gasteiger partial charge < -0.3 is 11.1 Å². The van der Waals surface area contributed by atoms with E-state index in [0.29, 0.717) is 22.9 Å². The van der Waals surface area contributed by atoms with Crippen molar-refractivity contribution in [2.24, 2.45) is 5.73 Å². The zero-order valence-electron chi connectivity index (χ0n) is 9.66. The van der Waals surface area contributed by atoms with Crippen LogP contribution in [0.5, 0.6) is 0 Å². The molecule has 6 heteroatoms. The van der Waals surface area contributed by atoms with Gasteiger partial charge in [0.2, 0.25) is 5.91 Å². The van der Waals surface area contributed by atoms with Crippen molar-refractivity contribution in [2.75, 3.05) is 5.32 Å². The van der Waals surface area contributed by atoms with Gasteiger partial charge in [-0.1, -0.05) is 18.3 Å². The molecule has 92 valence electrons. The normalized spacial score (nSPS) is 16.5. The van der Waals surface area contributed by atoms with Crippen molar-refractivity contribution in [1.29, 1.82) is 0 Å². The monoisotopic (exact) mass is 253 g/mol. The first kappa shape index (κ1) is 12.2. The maximum atomic E-state index is 11.6. The lowest BCUT2D eigenvalue weighted by Crippen LogP contribution is -2.34. The van der Waals surface area contributed by atoms with Gasteiger partial charge in [0.1, 0.15) is 0 Å². The molecule has 3 N–H and O–H groups in total. The molecule has 5 nitrogen and oxygen atoms in total. The van der Waals surface area contributed by atoms with Crippen molar-refractivity contribution in [2.45, 2.75) is 38.6 Å². The zero-order valence-corrected chi connectivity index (χ0v) is 10.5. The molecule has 1 amide bonds. The van der Waals surface area contributed by atoms with Gasteiger partial charge in [0, 0.05) is 6.42 Å². The number of fused-ring (bicyclic) bond motifs is 1. The fourth-order valence-corrected chi connectivity index (χ4v) is 2.69. The topological polar surface area (TPSA) is 85.1 Å². The third kappa shape index (κ3) is 2.53. The van der Waals surface area contributed by atoms with Crippen molar-refractivity contribution in [3.63, 3.8) is 0 Å². The number of nitrogens with one attached hydrogen (secondary N) is 1. The van der Waals surface area contributed by atoms with Gasteiger partial charge in [-0.2, -0.15) is 0 Å². The number of nitrogens with zero attached hydrogens (tertiary/aromatic N) is 1. The molecule has 0 spiro atoms. The summed E-state index contributed by atoms with van der Waals surface area (Å²) in [5.74, 6) is -0.116. The lowest BCUT2D eigenvalue weighted by atomic mass is 10.0. The van der Waals surface area contributed by atoms with Crippen LogP contribution in [0.1, 0.15) is 41.6 Å². The largest absolute Gasteiger partial charge is 0.320 e. The molecule has 1 atom stereocenters. The Bertz CT molecular complexity index is 456. The summed E-state index contributed by atoms with van der Waals surface area (Å²) in [5, 5.41) is 3.15. The molecule has 1 aliphatic rings. The number of carbonyl (C=O) groups excluding carboxylic acids is 2. The average Bonchev–Trinajstić information content (AvgIpc) is 2.72. The number of nitrogens with two attached hydrogens (primary N) is 1. The fraction of sp³-hybridized carbons (Fsp3) is 0.545. The third-order valence-corrected chi connectivity index (χ3v) is 3.83. The van der Waals surface area contributed by atoms with E-state index in [4.69, 9.17) is 5.73 Å². The second kappa shape index (κ2) is 4.93. The van der Waals surface area contributed by atoms with Crippen molar-refractivity contribution in [3.05, 3.63) is 10.6 Å². The molecular formula is C11H15N3O2S. The van der Waals surface area contributed by atoms with Crippen LogP contribution < -0.4 is 11.1 Å². The Kier molecular flexibility index (Phi) is 3.54. The van der Waals surface area contributed by atoms with Gasteiger partial charge in [-0.05, 0) is 19.3 Å². The van der Waals surface area contributed by atoms with E-state index in [1.54, 1.807) is 0 Å². The van der Waals surface area contributed by atoms with Crippen molar-refractivity contribution in [1.82, 2.24) is 4.98 Å². The number of hydrogen-bond donors (Lipinski definition) is 2. The van der Waals surface area contributed by atoms with E-state index in [1.165, 1.54) is 11.3 Å². The summed E-state index contributed by atoms with van der Waals surface area (Å²) < 4.78 is 0. The van der Waals surface area contributed by atoms with Gasteiger partial charge in [0.05, 0.1) is 16.6 Å². The van der Waals surface area contributed by atoms with Crippen LogP contribution in [0, 0.1) is 0 Å². The van der Waals surface area contributed by atoms with Crippen LogP contribution in [0.25, 0.3) is 0 Å². The van der Waals surface area contributed by atoms with Crippen LogP contribution in [-0.4, -0.2) is 22.7 Å². The molecule has 2 rings (SSSR count). The van der Waals surface area contributed by atoms with Crippen LogP contribution in [0.2, 0.25) is 0 Å². The van der Waals surface area contributed by atoms with Crippen LogP contribution in [0.15, 0.2) is 0 Å². The number of Topliss-reactive ketones (excluding diaryl/α,β-unsaturated/α-hetero) is 1. The van der Waals surface area contributed by atoms with E-state index >= 15 is 0 Å². The minimum absolute atomic E-state index is 0.129. The fourth-order valence-electron chi connectivity index (χ4n) is 1.71. The van der Waals surface area contributed by atoms with Crippen LogP contribution in [0.4, 0.5) is 5.13 Å². The Labute approximate surface area is 103 Å². The number of thiazole rings is 1. The predicted octanol–water partition coefficient (Wildman–Crippen LogP) is 1.34. The SMILES string of the molecule is CC[C@H](N)C(=O)Nc1nc2c(s1)C(=O)CCC2. The highest BCUT2D eigenvalue weighted by atomic mass is 32.1. The van der Waals surface area contributed by atoms with Gasteiger partial charge in [0.15, 0.2) is 10.9 Å². The van der Waals surface area contributed by atoms with E-state index in [1.807, 2.05) is 6.92 Å². The van der Waals surface area contributed by atoms with E-state index in [-0.39, 0.29) is 11.7 Å². The highest BCUT2D eigenvalue weighted by Crippen LogP contribution is 2.29. The van der Waals surface area contributed by atoms with E-state index < -0.39 is 6.04 Å². The first-order valence-electron chi connectivity index (χ1n) is 5.71. The lowest BCUT2D eigenvalue weighted by Gasteiger charge is -2.06. The standard InChI is InChI=1S/C11H15N3O2S/c1-2-6(12)10(16)14-11-13-7-4-3-5-8(15)9(7)17-11/h6H,2-5,12H2,1H3,(H,13,14,16)/t6-/m0/s1. The Balaban J connectivity index is 2.13. The van der Waals surface area contributed by atoms with Gasteiger partial charge >= 0.3 is 0 Å². The molecule has 0 radical (unpaired) electrons. The predicted molar refractivity (Wildman–Crippen MR) is 66.3 cm³/mol. The first-order chi connectivity index (χ1) is 8.11. The average molecular weight is 253 g/mol. The highest BCUT2D eigenvalue weighted by molar-refractivity contribution is 7.17. The molecule has 17 heavy (non-hydrogen) atoms. The number of hydrogen-bond acceptors (Lipinski definition) is 5. The molecule has 0 fully saturated rings. The molecule has 0 unspecified atom stereocenters. The molecular weight excluding hydrogens is 238 g/mol. The zero-order chi connectivity index (χ0) is 12.4. The Morgan fingerprint density at radius 2 is 2.35 bits per heavy atom. The number of ketones is 1. The quantitative estimate of drug-likeness (QED) is 0.851. The van der Waals surface area contributed by atoms with Crippen LogP contribution in [-0.2, 0) is 11.2 Å². The van der Waals surface area contributed by atoms with Crippen molar-refractivity contribution in [3.8, 4) is 0 Å². The second-order valence-corrected chi connectivity index (χ2v) is 5.07. The minimum Gasteiger partial charge on any atom is -0.320 e. The minimum atomic E-state index is -0.522. The van der Waals surface area contributed by atoms with Gasteiger partial charge in [0.25, 0.3) is 0 Å². The summed E-state index contributed by atoms with van der Waals surface area (Å²) in [5.41, 5.74) is 6.42. The molecule has 0 aliphatic heterocycles. The van der Waals surface area contributed by atoms with Gasteiger partial charge in [-0.25, -0.2) is 4.98 Å². The summed E-state index contributed by atoms with van der Waals surface area (Å²) >= 11 is 1.25. The number of amides is 1. The van der Waals surface area contributed by atoms with Gasteiger partial charge in [-0.3, -0.25) is 9.59 Å². The first-order valence-corrected chi connectivity index (χ1v) is 6.52. The number of aryl methyl sites for hydroxylation is 1. The molecule has 0 aromatic carbocycles. The smallest absolute Gasteiger partial charge is 0.243 e. The van der Waals surface area contributed by atoms with E-state index in [0.717, 1.165) is 18.5 Å². The Morgan fingerprint density at radius 3 is 3.00 bits per heavy atom. The van der Waals surface area contributed by atoms with Gasteiger partial charge in [-0.15, -0.1) is 0 Å². The molecule has 1 aromatic rings. The molecule has 1 heterocycles. The highest BCUT2D eigenvalue weighted by Gasteiger charge is 2.23. The number of carbonyl (C=O) groups is 2. The van der Waals surface area contributed by atoms with E-state index in [2.05, 4.69) is 10.3 Å². The summed E-state index contributed by atoms with van der Waals surface area (Å²) in [7, 11) is 0. The van der Waals surface area contributed by atoms with Crippen LogP contribution in [0.3, 0.4) is 0 Å². The maximum Gasteiger partial charge on any atom is 0.243 e. The molecule has 1 aromatic heterocycles. The molecule has 0 saturated heterocycles. The van der Waals surface area contributed by atoms with Crippen molar-refractivity contribution >= 4 is 28.2 Å². The number of anilines is 1. The number of rotatable bonds is 3. The third-order valence-electron chi connectivity index (χ3n) is 2.77. The Morgan fingerprint density at radius 1 is 1.59 bits per heavy atom. The lowest BCUT2D eigenvalue weighted by molar-refractivity contribution is -0.117. The summed E-state index contributed by atoms with van der Waals surface area (Å²) in [4.78, 5) is 28.2. The second-order valence-electron chi connectivity index (χ2n) is 4.08. The van der Waals surface area contributed by atoms with E-state index in [9.17, 15) is 9.59 Å². The summed E-state index contributed by atoms with van der Waals surface area (Å²) in [6.07, 6.45) is 2.82.